The number of carbonyl (C=O) groups excluding carboxylic acids is 1. The average Bonchev–Trinajstić information content (AvgIpc) is 3.16. The Bertz CT molecular complexity index is 896. The van der Waals surface area contributed by atoms with Gasteiger partial charge in [-0.3, -0.25) is 4.79 Å². The number of rotatable bonds is 6. The van der Waals surface area contributed by atoms with Gasteiger partial charge in [0.25, 0.3) is 5.91 Å². The normalized spacial score (nSPS) is 17.2. The summed E-state index contributed by atoms with van der Waals surface area (Å²) in [5.41, 5.74) is 0.158. The molecule has 2 N–H and O–H groups in total. The molecule has 138 valence electrons. The zero-order chi connectivity index (χ0) is 18.6. The highest BCUT2D eigenvalue weighted by molar-refractivity contribution is 7.89. The fourth-order valence-corrected chi connectivity index (χ4v) is 3.78. The summed E-state index contributed by atoms with van der Waals surface area (Å²) in [6.45, 7) is 1.46. The van der Waals surface area contributed by atoms with Crippen LogP contribution in [0.25, 0.3) is 0 Å². The van der Waals surface area contributed by atoms with Gasteiger partial charge in [-0.25, -0.2) is 17.5 Å². The first-order valence-corrected chi connectivity index (χ1v) is 9.67. The van der Waals surface area contributed by atoms with Crippen molar-refractivity contribution in [2.24, 2.45) is 5.92 Å². The van der Waals surface area contributed by atoms with Crippen molar-refractivity contribution in [3.63, 3.8) is 0 Å². The summed E-state index contributed by atoms with van der Waals surface area (Å²) < 4.78 is 46.3. The van der Waals surface area contributed by atoms with Gasteiger partial charge in [0, 0.05) is 18.7 Å². The molecule has 0 radical (unpaired) electrons. The van der Waals surface area contributed by atoms with Gasteiger partial charge in [-0.1, -0.05) is 18.2 Å². The number of hydrogen-bond acceptors (Lipinski definition) is 4. The number of ether oxygens (including phenoxy) is 1. The number of anilines is 1. The Labute approximate surface area is 151 Å². The SMILES string of the molecule is O=C(Nc1ccccc1F)c1cccc(S(=O)(=O)NC[C@@H]2CCOC2)c1. The lowest BCUT2D eigenvalue weighted by Gasteiger charge is -2.11. The number of hydrogen-bond donors (Lipinski definition) is 2. The van der Waals surface area contributed by atoms with E-state index in [1.54, 1.807) is 6.07 Å². The van der Waals surface area contributed by atoms with E-state index in [9.17, 15) is 17.6 Å². The van der Waals surface area contributed by atoms with Crippen molar-refractivity contribution in [1.29, 1.82) is 0 Å². The molecule has 3 rings (SSSR count). The summed E-state index contributed by atoms with van der Waals surface area (Å²) in [5.74, 6) is -1.00. The molecule has 0 aliphatic carbocycles. The van der Waals surface area contributed by atoms with Gasteiger partial charge in [0.05, 0.1) is 17.2 Å². The van der Waals surface area contributed by atoms with E-state index >= 15 is 0 Å². The third kappa shape index (κ3) is 4.46. The van der Waals surface area contributed by atoms with Gasteiger partial charge >= 0.3 is 0 Å². The van der Waals surface area contributed by atoms with Gasteiger partial charge in [0.2, 0.25) is 10.0 Å². The van der Waals surface area contributed by atoms with E-state index in [1.165, 1.54) is 42.5 Å². The second-order valence-corrected chi connectivity index (χ2v) is 7.81. The average molecular weight is 378 g/mol. The fraction of sp³-hybridized carbons (Fsp3) is 0.278. The smallest absolute Gasteiger partial charge is 0.255 e. The van der Waals surface area contributed by atoms with E-state index in [4.69, 9.17) is 4.74 Å². The van der Waals surface area contributed by atoms with Crippen LogP contribution in [0.4, 0.5) is 10.1 Å². The largest absolute Gasteiger partial charge is 0.381 e. The summed E-state index contributed by atoms with van der Waals surface area (Å²) in [4.78, 5) is 12.3. The molecule has 0 bridgehead atoms. The van der Waals surface area contributed by atoms with Crippen LogP contribution in [0, 0.1) is 11.7 Å². The highest BCUT2D eigenvalue weighted by Crippen LogP contribution is 2.17. The number of carbonyl (C=O) groups is 1. The Kier molecular flexibility index (Phi) is 5.65. The number of nitrogens with one attached hydrogen (secondary N) is 2. The van der Waals surface area contributed by atoms with E-state index in [2.05, 4.69) is 10.0 Å². The molecule has 1 amide bonds. The first-order valence-electron chi connectivity index (χ1n) is 8.19. The number of amides is 1. The molecule has 1 aliphatic rings. The van der Waals surface area contributed by atoms with E-state index in [0.29, 0.717) is 13.2 Å². The third-order valence-corrected chi connectivity index (χ3v) is 5.54. The van der Waals surface area contributed by atoms with E-state index < -0.39 is 21.7 Å². The van der Waals surface area contributed by atoms with E-state index in [0.717, 1.165) is 6.42 Å². The molecule has 2 aromatic carbocycles. The van der Waals surface area contributed by atoms with Gasteiger partial charge in [-0.2, -0.15) is 0 Å². The number of halogens is 1. The maximum Gasteiger partial charge on any atom is 0.255 e. The number of para-hydroxylation sites is 1. The predicted molar refractivity (Wildman–Crippen MR) is 94.9 cm³/mol. The van der Waals surface area contributed by atoms with Crippen LogP contribution in [0.15, 0.2) is 53.4 Å². The standard InChI is InChI=1S/C18H19FN2O4S/c19-16-6-1-2-7-17(16)21-18(22)14-4-3-5-15(10-14)26(23,24)20-11-13-8-9-25-12-13/h1-7,10,13,20H,8-9,11-12H2,(H,21,22)/t13-/m0/s1. The topological polar surface area (TPSA) is 84.5 Å². The van der Waals surface area contributed by atoms with Crippen LogP contribution in [0.2, 0.25) is 0 Å². The first-order chi connectivity index (χ1) is 12.5. The van der Waals surface area contributed by atoms with Crippen molar-refractivity contribution in [2.75, 3.05) is 25.1 Å². The molecule has 6 nitrogen and oxygen atoms in total. The quantitative estimate of drug-likeness (QED) is 0.808. The Morgan fingerprint density at radius 2 is 2.00 bits per heavy atom. The molecule has 1 heterocycles. The molecule has 1 fully saturated rings. The van der Waals surface area contributed by atoms with Gasteiger partial charge < -0.3 is 10.1 Å². The zero-order valence-electron chi connectivity index (χ0n) is 13.9. The van der Waals surface area contributed by atoms with Crippen LogP contribution >= 0.6 is 0 Å². The first kappa shape index (κ1) is 18.5. The van der Waals surface area contributed by atoms with E-state index in [1.807, 2.05) is 0 Å². The van der Waals surface area contributed by atoms with Crippen LogP contribution < -0.4 is 10.0 Å². The van der Waals surface area contributed by atoms with Crippen molar-refractivity contribution in [2.45, 2.75) is 11.3 Å². The molecule has 26 heavy (non-hydrogen) atoms. The lowest BCUT2D eigenvalue weighted by molar-refractivity contribution is 0.102. The summed E-state index contributed by atoms with van der Waals surface area (Å²) in [6.07, 6.45) is 0.813. The van der Waals surface area contributed by atoms with Crippen molar-refractivity contribution >= 4 is 21.6 Å². The van der Waals surface area contributed by atoms with Crippen molar-refractivity contribution in [1.82, 2.24) is 4.72 Å². The van der Waals surface area contributed by atoms with Crippen molar-refractivity contribution in [3.05, 3.63) is 59.9 Å². The predicted octanol–water partition coefficient (Wildman–Crippen LogP) is 2.39. The van der Waals surface area contributed by atoms with Crippen molar-refractivity contribution < 1.29 is 22.3 Å². The molecule has 1 aliphatic heterocycles. The van der Waals surface area contributed by atoms with Crippen LogP contribution in [0.3, 0.4) is 0 Å². The number of benzene rings is 2. The van der Waals surface area contributed by atoms with Crippen LogP contribution in [-0.2, 0) is 14.8 Å². The lowest BCUT2D eigenvalue weighted by atomic mass is 10.1. The highest BCUT2D eigenvalue weighted by Gasteiger charge is 2.21. The maximum absolute atomic E-state index is 13.7. The molecule has 2 aromatic rings. The highest BCUT2D eigenvalue weighted by atomic mass is 32.2. The fourth-order valence-electron chi connectivity index (χ4n) is 2.62. The third-order valence-electron chi connectivity index (χ3n) is 4.11. The molecule has 0 saturated carbocycles. The summed E-state index contributed by atoms with van der Waals surface area (Å²) in [7, 11) is -3.74. The Hall–Kier alpha value is -2.29. The second-order valence-electron chi connectivity index (χ2n) is 6.04. The monoisotopic (exact) mass is 378 g/mol. The van der Waals surface area contributed by atoms with Crippen molar-refractivity contribution in [3.8, 4) is 0 Å². The Morgan fingerprint density at radius 1 is 1.19 bits per heavy atom. The van der Waals surface area contributed by atoms with E-state index in [-0.39, 0.29) is 28.6 Å². The number of sulfonamides is 1. The summed E-state index contributed by atoms with van der Waals surface area (Å²) in [5, 5.41) is 2.44. The Morgan fingerprint density at radius 3 is 2.73 bits per heavy atom. The molecule has 0 spiro atoms. The van der Waals surface area contributed by atoms with Gasteiger partial charge in [-0.15, -0.1) is 0 Å². The molecule has 0 unspecified atom stereocenters. The van der Waals surface area contributed by atoms with Crippen LogP contribution in [0.5, 0.6) is 0 Å². The lowest BCUT2D eigenvalue weighted by Crippen LogP contribution is -2.29. The van der Waals surface area contributed by atoms with Crippen LogP contribution in [0.1, 0.15) is 16.8 Å². The van der Waals surface area contributed by atoms with Gasteiger partial charge in [0.15, 0.2) is 0 Å². The molecular weight excluding hydrogens is 359 g/mol. The van der Waals surface area contributed by atoms with Gasteiger partial charge in [0.1, 0.15) is 5.82 Å². The summed E-state index contributed by atoms with van der Waals surface area (Å²) >= 11 is 0. The molecule has 8 heteroatoms. The molecular formula is C18H19FN2O4S. The molecule has 1 saturated heterocycles. The van der Waals surface area contributed by atoms with Crippen LogP contribution in [-0.4, -0.2) is 34.1 Å². The minimum Gasteiger partial charge on any atom is -0.381 e. The maximum atomic E-state index is 13.7. The minimum atomic E-state index is -3.74. The summed E-state index contributed by atoms with van der Waals surface area (Å²) in [6, 6.07) is 11.4. The molecule has 1 atom stereocenters. The zero-order valence-corrected chi connectivity index (χ0v) is 14.8. The minimum absolute atomic E-state index is 0.0161. The van der Waals surface area contributed by atoms with Gasteiger partial charge in [-0.05, 0) is 42.7 Å². The second kappa shape index (κ2) is 7.94. The Balaban J connectivity index is 1.72. The molecule has 0 aromatic heterocycles.